The SMILES string of the molecule is C=CCc1c2occc2c(OC)c2c(=O)c(-c3nc4ccc([N+](=O)[O-])cc4[nH]3)coc12. The van der Waals surface area contributed by atoms with Crippen LogP contribution in [0.3, 0.4) is 0 Å². The maximum atomic E-state index is 13.5. The number of H-pyrrole nitrogens is 1. The highest BCUT2D eigenvalue weighted by Gasteiger charge is 2.23. The van der Waals surface area contributed by atoms with Crippen LogP contribution in [0, 0.1) is 10.1 Å². The summed E-state index contributed by atoms with van der Waals surface area (Å²) in [6.45, 7) is 3.77. The largest absolute Gasteiger partial charge is 0.495 e. The molecule has 0 saturated carbocycles. The second-order valence-corrected chi connectivity index (χ2v) is 6.89. The van der Waals surface area contributed by atoms with Gasteiger partial charge in [-0.3, -0.25) is 14.9 Å². The lowest BCUT2D eigenvalue weighted by atomic mass is 10.0. The second kappa shape index (κ2) is 6.84. The van der Waals surface area contributed by atoms with Crippen LogP contribution < -0.4 is 10.2 Å². The van der Waals surface area contributed by atoms with Crippen molar-refractivity contribution < 1.29 is 18.5 Å². The van der Waals surface area contributed by atoms with Crippen molar-refractivity contribution in [3.8, 4) is 17.1 Å². The number of imidazole rings is 1. The molecule has 1 N–H and O–H groups in total. The number of hydrogen-bond donors (Lipinski definition) is 1. The molecular weight excluding hydrogens is 402 g/mol. The smallest absolute Gasteiger partial charge is 0.271 e. The van der Waals surface area contributed by atoms with Crippen molar-refractivity contribution in [2.24, 2.45) is 0 Å². The van der Waals surface area contributed by atoms with Crippen LogP contribution in [0.1, 0.15) is 5.56 Å². The maximum absolute atomic E-state index is 13.5. The van der Waals surface area contributed by atoms with Gasteiger partial charge in [0.05, 0.1) is 34.7 Å². The molecule has 31 heavy (non-hydrogen) atoms. The van der Waals surface area contributed by atoms with E-state index in [0.717, 1.165) is 0 Å². The highest BCUT2D eigenvalue weighted by Crippen LogP contribution is 2.38. The van der Waals surface area contributed by atoms with Gasteiger partial charge < -0.3 is 18.6 Å². The lowest BCUT2D eigenvalue weighted by molar-refractivity contribution is -0.384. The Morgan fingerprint density at radius 3 is 2.87 bits per heavy atom. The average Bonchev–Trinajstić information content (AvgIpc) is 3.40. The fourth-order valence-electron chi connectivity index (χ4n) is 3.80. The van der Waals surface area contributed by atoms with Gasteiger partial charge in [-0.2, -0.15) is 0 Å². The summed E-state index contributed by atoms with van der Waals surface area (Å²) >= 11 is 0. The van der Waals surface area contributed by atoms with Gasteiger partial charge in [0.1, 0.15) is 40.0 Å². The number of aromatic nitrogens is 2. The second-order valence-electron chi connectivity index (χ2n) is 6.89. The first-order chi connectivity index (χ1) is 15.0. The highest BCUT2D eigenvalue weighted by atomic mass is 16.6. The quantitative estimate of drug-likeness (QED) is 0.249. The number of ether oxygens (including phenoxy) is 1. The number of methoxy groups -OCH3 is 1. The maximum Gasteiger partial charge on any atom is 0.271 e. The number of benzene rings is 2. The number of nitro groups is 1. The van der Waals surface area contributed by atoms with Gasteiger partial charge >= 0.3 is 0 Å². The number of aromatic amines is 1. The van der Waals surface area contributed by atoms with Crippen LogP contribution in [-0.2, 0) is 6.42 Å². The molecule has 3 aromatic heterocycles. The van der Waals surface area contributed by atoms with E-state index in [0.29, 0.717) is 45.3 Å². The van der Waals surface area contributed by atoms with E-state index in [1.54, 1.807) is 12.1 Å². The number of non-ortho nitro benzene ring substituents is 1. The van der Waals surface area contributed by atoms with E-state index in [1.807, 2.05) is 0 Å². The molecule has 3 heterocycles. The summed E-state index contributed by atoms with van der Waals surface area (Å²) in [5, 5.41) is 12.0. The molecule has 2 aromatic carbocycles. The number of nitrogens with zero attached hydrogens (tertiary/aromatic N) is 2. The Labute approximate surface area is 173 Å². The molecule has 154 valence electrons. The molecule has 0 radical (unpaired) electrons. The fraction of sp³-hybridized carbons (Fsp3) is 0.0909. The van der Waals surface area contributed by atoms with Crippen molar-refractivity contribution in [3.05, 3.63) is 75.3 Å². The summed E-state index contributed by atoms with van der Waals surface area (Å²) in [5.74, 6) is 0.583. The minimum Gasteiger partial charge on any atom is -0.495 e. The molecule has 0 amide bonds. The Balaban J connectivity index is 1.82. The lowest BCUT2D eigenvalue weighted by Gasteiger charge is -2.10. The number of rotatable bonds is 5. The van der Waals surface area contributed by atoms with E-state index < -0.39 is 4.92 Å². The topological polar surface area (TPSA) is 124 Å². The van der Waals surface area contributed by atoms with E-state index >= 15 is 0 Å². The van der Waals surface area contributed by atoms with Crippen LogP contribution >= 0.6 is 0 Å². The molecule has 0 spiro atoms. The predicted octanol–water partition coefficient (Wildman–Crippen LogP) is 4.73. The molecule has 0 aliphatic heterocycles. The van der Waals surface area contributed by atoms with E-state index in [9.17, 15) is 14.9 Å². The number of furan rings is 1. The molecule has 0 aliphatic rings. The third kappa shape index (κ3) is 2.71. The first-order valence-corrected chi connectivity index (χ1v) is 9.30. The van der Waals surface area contributed by atoms with E-state index in [4.69, 9.17) is 13.6 Å². The summed E-state index contributed by atoms with van der Waals surface area (Å²) in [4.78, 5) is 31.4. The van der Waals surface area contributed by atoms with Crippen LogP contribution in [-0.4, -0.2) is 22.0 Å². The minimum absolute atomic E-state index is 0.0775. The molecule has 9 heteroatoms. The predicted molar refractivity (Wildman–Crippen MR) is 114 cm³/mol. The van der Waals surface area contributed by atoms with Gasteiger partial charge in [0, 0.05) is 17.7 Å². The van der Waals surface area contributed by atoms with Gasteiger partial charge in [-0.1, -0.05) is 6.08 Å². The Hall–Kier alpha value is -4.40. The molecule has 0 aliphatic carbocycles. The molecule has 0 atom stereocenters. The Morgan fingerprint density at radius 2 is 2.13 bits per heavy atom. The number of allylic oxidation sites excluding steroid dienone is 1. The monoisotopic (exact) mass is 417 g/mol. The normalized spacial score (nSPS) is 11.4. The third-order valence-electron chi connectivity index (χ3n) is 5.16. The molecule has 0 bridgehead atoms. The number of fused-ring (bicyclic) bond motifs is 3. The van der Waals surface area contributed by atoms with Crippen molar-refractivity contribution >= 4 is 38.7 Å². The minimum atomic E-state index is -0.494. The third-order valence-corrected chi connectivity index (χ3v) is 5.16. The van der Waals surface area contributed by atoms with Gasteiger partial charge in [0.25, 0.3) is 5.69 Å². The first kappa shape index (κ1) is 18.6. The van der Waals surface area contributed by atoms with Crippen molar-refractivity contribution in [1.29, 1.82) is 0 Å². The molecule has 5 rings (SSSR count). The van der Waals surface area contributed by atoms with Gasteiger partial charge in [-0.05, 0) is 18.6 Å². The first-order valence-electron chi connectivity index (χ1n) is 9.30. The standard InChI is InChI=1S/C22H15N3O6/c1-3-4-12-19-13(7-8-30-19)20(29-2)17-18(26)14(10-31-21(12)17)22-23-15-6-5-11(25(27)28)9-16(15)24-22/h3,5-10H,1,4H2,2H3,(H,23,24). The zero-order valence-corrected chi connectivity index (χ0v) is 16.3. The molecule has 0 fully saturated rings. The van der Waals surface area contributed by atoms with E-state index in [1.165, 1.54) is 37.8 Å². The van der Waals surface area contributed by atoms with Crippen molar-refractivity contribution in [3.63, 3.8) is 0 Å². The summed E-state index contributed by atoms with van der Waals surface area (Å²) < 4.78 is 17.1. The lowest BCUT2D eigenvalue weighted by Crippen LogP contribution is -2.08. The number of hydrogen-bond acceptors (Lipinski definition) is 7. The van der Waals surface area contributed by atoms with Crippen molar-refractivity contribution in [2.45, 2.75) is 6.42 Å². The molecule has 9 nitrogen and oxygen atoms in total. The van der Waals surface area contributed by atoms with Gasteiger partial charge in [0.2, 0.25) is 5.43 Å². The number of nitro benzene ring substituents is 1. The summed E-state index contributed by atoms with van der Waals surface area (Å²) in [6, 6.07) is 5.98. The Morgan fingerprint density at radius 1 is 1.29 bits per heavy atom. The van der Waals surface area contributed by atoms with Crippen molar-refractivity contribution in [2.75, 3.05) is 7.11 Å². The van der Waals surface area contributed by atoms with Gasteiger partial charge in [0.15, 0.2) is 0 Å². The van der Waals surface area contributed by atoms with E-state index in [2.05, 4.69) is 16.5 Å². The summed E-state index contributed by atoms with van der Waals surface area (Å²) in [6.07, 6.45) is 4.97. The highest BCUT2D eigenvalue weighted by molar-refractivity contribution is 6.05. The van der Waals surface area contributed by atoms with E-state index in [-0.39, 0.29) is 27.9 Å². The summed E-state index contributed by atoms with van der Waals surface area (Å²) in [5.41, 5.74) is 2.28. The molecule has 5 aromatic rings. The average molecular weight is 417 g/mol. The van der Waals surface area contributed by atoms with Crippen LogP contribution in [0.15, 0.2) is 63.1 Å². The van der Waals surface area contributed by atoms with Crippen molar-refractivity contribution in [1.82, 2.24) is 9.97 Å². The zero-order valence-electron chi connectivity index (χ0n) is 16.3. The van der Waals surface area contributed by atoms with Crippen LogP contribution in [0.25, 0.3) is 44.4 Å². The Bertz CT molecular complexity index is 1570. The van der Waals surface area contributed by atoms with Gasteiger partial charge in [-0.15, -0.1) is 6.58 Å². The van der Waals surface area contributed by atoms with Crippen LogP contribution in [0.2, 0.25) is 0 Å². The Kier molecular flexibility index (Phi) is 4.11. The fourth-order valence-corrected chi connectivity index (χ4v) is 3.80. The zero-order chi connectivity index (χ0) is 21.7. The van der Waals surface area contributed by atoms with Crippen LogP contribution in [0.4, 0.5) is 5.69 Å². The molecule has 0 saturated heterocycles. The number of nitrogens with one attached hydrogen (secondary N) is 1. The van der Waals surface area contributed by atoms with Gasteiger partial charge in [-0.25, -0.2) is 4.98 Å². The molecular formula is C22H15N3O6. The summed E-state index contributed by atoms with van der Waals surface area (Å²) in [7, 11) is 1.47. The van der Waals surface area contributed by atoms with Crippen LogP contribution in [0.5, 0.6) is 5.75 Å². The molecule has 0 unspecified atom stereocenters.